The lowest BCUT2D eigenvalue weighted by Crippen LogP contribution is -2.72. The highest BCUT2D eigenvalue weighted by Crippen LogP contribution is 2.43. The minimum atomic E-state index is -5.96. The molecule has 11 heteroatoms. The minimum absolute atomic E-state index is 0.556. The molecule has 2 aromatic rings. The van der Waals surface area contributed by atoms with E-state index in [1.54, 1.807) is 6.92 Å². The van der Waals surface area contributed by atoms with Gasteiger partial charge in [-0.25, -0.2) is 14.7 Å². The summed E-state index contributed by atoms with van der Waals surface area (Å²) in [5, 5.41) is 2.27. The first kappa shape index (κ1) is 20.5. The topological polar surface area (TPSA) is 55.3 Å². The van der Waals surface area contributed by atoms with Gasteiger partial charge in [0.15, 0.2) is 0 Å². The number of aromatic amines is 1. The third-order valence-electron chi connectivity index (χ3n) is 3.55. The number of hydrogen-bond acceptors (Lipinski definition) is 2. The quantitative estimate of drug-likeness (QED) is 0.613. The Morgan fingerprint density at radius 2 is 1.48 bits per heavy atom. The molecule has 27 heavy (non-hydrogen) atoms. The Bertz CT molecular complexity index is 785. The lowest BCUT2D eigenvalue weighted by molar-refractivity contribution is -0.367. The molecule has 4 nitrogen and oxygen atoms in total. The van der Waals surface area contributed by atoms with Crippen LogP contribution in [-0.4, -0.2) is 23.9 Å². The molecule has 0 saturated carbocycles. The lowest BCUT2D eigenvalue weighted by atomic mass is 10.1. The largest absolute Gasteiger partial charge is 0.462 e. The number of hydrogen-bond donors (Lipinski definition) is 2. The summed E-state index contributed by atoms with van der Waals surface area (Å²) >= 11 is 0. The van der Waals surface area contributed by atoms with E-state index in [0.717, 1.165) is 35.6 Å². The van der Waals surface area contributed by atoms with E-state index in [1.807, 2.05) is 0 Å². The van der Waals surface area contributed by atoms with Gasteiger partial charge in [-0.3, -0.25) is 10.1 Å². The van der Waals surface area contributed by atoms with Gasteiger partial charge in [0.1, 0.15) is 5.82 Å². The molecule has 0 spiro atoms. The van der Waals surface area contributed by atoms with Crippen LogP contribution in [0.15, 0.2) is 42.6 Å². The predicted molar refractivity (Wildman–Crippen MR) is 80.1 cm³/mol. The normalized spacial score (nSPS) is 12.6. The van der Waals surface area contributed by atoms with Crippen molar-refractivity contribution < 1.29 is 40.5 Å². The molecule has 146 valence electrons. The zero-order chi connectivity index (χ0) is 20.5. The molecule has 2 rings (SSSR count). The first-order valence-corrected chi connectivity index (χ1v) is 7.34. The summed E-state index contributed by atoms with van der Waals surface area (Å²) < 4.78 is 93.9. The molecular formula is C16H13F7N3O+. The molecule has 1 aromatic carbocycles. The smallest absolute Gasteiger partial charge is 0.296 e. The third-order valence-corrected chi connectivity index (χ3v) is 3.55. The second-order valence-electron chi connectivity index (χ2n) is 5.61. The zero-order valence-electron chi connectivity index (χ0n) is 13.6. The number of nitrogens with one attached hydrogen (secondary N) is 3. The highest BCUT2D eigenvalue weighted by atomic mass is 19.4. The maximum atomic E-state index is 13.5. The number of alkyl halides is 6. The van der Waals surface area contributed by atoms with E-state index in [1.165, 1.54) is 17.6 Å². The molecule has 3 N–H and O–H groups in total. The van der Waals surface area contributed by atoms with Crippen LogP contribution < -0.4 is 15.6 Å². The van der Waals surface area contributed by atoms with Crippen molar-refractivity contribution in [3.8, 4) is 0 Å². The van der Waals surface area contributed by atoms with Gasteiger partial charge < -0.3 is 0 Å². The van der Waals surface area contributed by atoms with Crippen LogP contribution >= 0.6 is 0 Å². The average molecular weight is 396 g/mol. The standard InChI is InChI=1S/C16H12F7N3O/c1-9-2-7-12(24-8-9)25-14(15(18,19)20,16(21,22)23)26-13(27)10-3-5-11(17)6-4-10/h2-8H,1H3,(H,24,25)(H,26,27)/p+1. The number of anilines is 1. The number of aryl methyl sites for hydroxylation is 1. The monoisotopic (exact) mass is 396 g/mol. The van der Waals surface area contributed by atoms with Gasteiger partial charge in [-0.2, -0.15) is 26.3 Å². The van der Waals surface area contributed by atoms with Gasteiger partial charge in [-0.05, 0) is 42.8 Å². The summed E-state index contributed by atoms with van der Waals surface area (Å²) in [5.41, 5.74) is -4.80. The van der Waals surface area contributed by atoms with E-state index in [0.29, 0.717) is 5.56 Å². The lowest BCUT2D eigenvalue weighted by Gasteiger charge is -2.34. The zero-order valence-corrected chi connectivity index (χ0v) is 13.6. The molecule has 1 amide bonds. The van der Waals surface area contributed by atoms with Crippen molar-refractivity contribution in [3.63, 3.8) is 0 Å². The van der Waals surface area contributed by atoms with Crippen LogP contribution in [0.25, 0.3) is 0 Å². The molecule has 0 aliphatic carbocycles. The van der Waals surface area contributed by atoms with E-state index >= 15 is 0 Å². The Morgan fingerprint density at radius 1 is 0.926 bits per heavy atom. The molecule has 0 unspecified atom stereocenters. The van der Waals surface area contributed by atoms with Crippen molar-refractivity contribution in [2.75, 3.05) is 5.32 Å². The van der Waals surface area contributed by atoms with E-state index in [4.69, 9.17) is 0 Å². The highest BCUT2D eigenvalue weighted by molar-refractivity contribution is 5.95. The van der Waals surface area contributed by atoms with Crippen LogP contribution in [0.2, 0.25) is 0 Å². The van der Waals surface area contributed by atoms with Crippen LogP contribution in [-0.2, 0) is 0 Å². The number of H-pyrrole nitrogens is 1. The first-order valence-electron chi connectivity index (χ1n) is 7.34. The molecule has 1 aromatic heterocycles. The van der Waals surface area contributed by atoms with Gasteiger partial charge in [-0.1, -0.05) is 0 Å². The van der Waals surface area contributed by atoms with E-state index in [9.17, 15) is 35.5 Å². The number of carbonyl (C=O) groups is 1. The van der Waals surface area contributed by atoms with Gasteiger partial charge in [0, 0.05) is 11.6 Å². The number of carbonyl (C=O) groups excluding carboxylic acids is 1. The van der Waals surface area contributed by atoms with Crippen molar-refractivity contribution in [2.45, 2.75) is 24.9 Å². The summed E-state index contributed by atoms with van der Waals surface area (Å²) in [7, 11) is 0. The molecule has 1 heterocycles. The Balaban J connectivity index is 2.49. The van der Waals surface area contributed by atoms with Gasteiger partial charge in [-0.15, -0.1) is 0 Å². The Morgan fingerprint density at radius 3 is 1.93 bits per heavy atom. The van der Waals surface area contributed by atoms with Crippen LogP contribution in [0.1, 0.15) is 15.9 Å². The number of benzene rings is 1. The molecule has 0 atom stereocenters. The summed E-state index contributed by atoms with van der Waals surface area (Å²) in [6.45, 7) is 1.57. The molecule has 0 bridgehead atoms. The van der Waals surface area contributed by atoms with Crippen LogP contribution in [0, 0.1) is 12.7 Å². The third kappa shape index (κ3) is 4.29. The van der Waals surface area contributed by atoms with Crippen LogP contribution in [0.5, 0.6) is 0 Å². The fraction of sp³-hybridized carbons (Fsp3) is 0.250. The Labute approximate surface area is 148 Å². The summed E-state index contributed by atoms with van der Waals surface area (Å²) in [6.07, 6.45) is -10.7. The first-order chi connectivity index (χ1) is 12.4. The maximum absolute atomic E-state index is 13.5. The fourth-order valence-corrected chi connectivity index (χ4v) is 2.10. The van der Waals surface area contributed by atoms with Gasteiger partial charge in [0.05, 0.1) is 6.20 Å². The van der Waals surface area contributed by atoms with Crippen molar-refractivity contribution >= 4 is 11.7 Å². The fourth-order valence-electron chi connectivity index (χ4n) is 2.10. The van der Waals surface area contributed by atoms with Crippen molar-refractivity contribution in [2.24, 2.45) is 0 Å². The maximum Gasteiger partial charge on any atom is 0.462 e. The predicted octanol–water partition coefficient (Wildman–Crippen LogP) is 3.61. The van der Waals surface area contributed by atoms with E-state index in [-0.39, 0.29) is 0 Å². The average Bonchev–Trinajstić information content (AvgIpc) is 2.54. The molecule has 0 fully saturated rings. The van der Waals surface area contributed by atoms with Crippen molar-refractivity contribution in [3.05, 3.63) is 59.5 Å². The molecule has 0 radical (unpaired) electrons. The molecule has 0 aliphatic rings. The highest BCUT2D eigenvalue weighted by Gasteiger charge is 2.76. The Kier molecular flexibility index (Phi) is 5.34. The second kappa shape index (κ2) is 7.05. The van der Waals surface area contributed by atoms with Crippen LogP contribution in [0.4, 0.5) is 36.6 Å². The molecule has 0 saturated heterocycles. The summed E-state index contributed by atoms with van der Waals surface area (Å²) in [4.78, 5) is 14.3. The molecule has 0 aliphatic heterocycles. The van der Waals surface area contributed by atoms with Crippen molar-refractivity contribution in [1.82, 2.24) is 5.32 Å². The number of rotatable bonds is 4. The summed E-state index contributed by atoms with van der Waals surface area (Å²) in [5.74, 6) is -3.13. The van der Waals surface area contributed by atoms with Gasteiger partial charge in [0.25, 0.3) is 11.7 Å². The van der Waals surface area contributed by atoms with Gasteiger partial charge >= 0.3 is 18.0 Å². The van der Waals surface area contributed by atoms with Crippen LogP contribution in [0.3, 0.4) is 0 Å². The summed E-state index contributed by atoms with van der Waals surface area (Å²) in [6, 6.07) is 5.24. The van der Waals surface area contributed by atoms with E-state index < -0.39 is 41.1 Å². The molecular weight excluding hydrogens is 383 g/mol. The number of amides is 1. The second-order valence-corrected chi connectivity index (χ2v) is 5.61. The van der Waals surface area contributed by atoms with Gasteiger partial charge in [0.2, 0.25) is 0 Å². The minimum Gasteiger partial charge on any atom is -0.296 e. The SMILES string of the molecule is Cc1ccc(NC(NC(=O)c2ccc(F)cc2)(C(F)(F)F)C(F)(F)F)[nH+]c1. The number of aromatic nitrogens is 1. The van der Waals surface area contributed by atoms with E-state index in [2.05, 4.69) is 4.98 Å². The number of pyridine rings is 1. The van der Waals surface area contributed by atoms with Crippen molar-refractivity contribution in [1.29, 1.82) is 0 Å². The Hall–Kier alpha value is -2.85. The number of halogens is 7.